The number of fused-ring (bicyclic) bond motifs is 9. The summed E-state index contributed by atoms with van der Waals surface area (Å²) in [5.41, 5.74) is 14.6. The van der Waals surface area contributed by atoms with Crippen LogP contribution in [0.3, 0.4) is 0 Å². The van der Waals surface area contributed by atoms with Crippen LogP contribution in [0.1, 0.15) is 238 Å². The highest BCUT2D eigenvalue weighted by molar-refractivity contribution is 5.77. The molecule has 0 saturated carbocycles. The molecule has 0 radical (unpaired) electrons. The number of ether oxygens (including phenoxy) is 9. The third kappa shape index (κ3) is 17.5. The van der Waals surface area contributed by atoms with Crippen molar-refractivity contribution in [3.05, 3.63) is 69.7 Å². The molecule has 18 heteroatoms. The molecule has 3 fully saturated rings. The Morgan fingerprint density at radius 1 is 0.544 bits per heavy atom. The van der Waals surface area contributed by atoms with E-state index in [0.717, 1.165) is 26.4 Å². The molecule has 15 atom stereocenters. The second-order valence-corrected chi connectivity index (χ2v) is 21.8. The predicted molar refractivity (Wildman–Crippen MR) is 353 cm³/mol. The fourth-order valence-corrected chi connectivity index (χ4v) is 9.08. The van der Waals surface area contributed by atoms with Crippen LogP contribution in [0.25, 0.3) is 0 Å². The molecule has 18 nitrogen and oxygen atoms in total. The zero-order valence-corrected chi connectivity index (χ0v) is 52.6. The smallest absolute Gasteiger partial charge is 0.323 e. The van der Waals surface area contributed by atoms with Gasteiger partial charge in [0.15, 0.2) is 34.5 Å². The summed E-state index contributed by atoms with van der Waals surface area (Å²) in [6.45, 7) is -17.2. The van der Waals surface area contributed by atoms with E-state index in [1.807, 2.05) is 0 Å². The van der Waals surface area contributed by atoms with E-state index in [1.165, 1.54) is 62.9 Å². The first-order valence-corrected chi connectivity index (χ1v) is 28.4. The minimum atomic E-state index is -4.27. The van der Waals surface area contributed by atoms with Crippen molar-refractivity contribution in [1.29, 1.82) is 0 Å². The first-order chi connectivity index (χ1) is 61.2. The molecule has 0 amide bonds. The van der Waals surface area contributed by atoms with Crippen LogP contribution in [0.4, 0.5) is 0 Å². The third-order valence-electron chi connectivity index (χ3n) is 14.1. The van der Waals surface area contributed by atoms with Crippen LogP contribution in [-0.4, -0.2) is 151 Å². The monoisotopic (exact) mass is 1300 g/mol. The Morgan fingerprint density at radius 2 is 0.944 bits per heavy atom. The molecule has 504 valence electrons. The van der Waals surface area contributed by atoms with Crippen LogP contribution in [0.2, 0.25) is 0 Å². The molecular weight excluding hydrogens is 1140 g/mol. The zero-order chi connectivity index (χ0) is 108. The molecular formula is C72H114N6O12. The van der Waals surface area contributed by atoms with Gasteiger partial charge in [0.25, 0.3) is 0 Å². The Morgan fingerprint density at radius 3 is 1.37 bits per heavy atom. The highest BCUT2D eigenvalue weighted by atomic mass is 16.6. The Labute approximate surface area is 606 Å². The second kappa shape index (κ2) is 32.5. The minimum absolute atomic E-state index is 0.00138. The fraction of sp³-hybridized carbons (Fsp3) is 0.708. The van der Waals surface area contributed by atoms with Crippen molar-refractivity contribution >= 4 is 17.9 Å². The summed E-state index contributed by atoms with van der Waals surface area (Å²) in [5.74, 6) is -31.8. The van der Waals surface area contributed by atoms with Crippen molar-refractivity contribution in [2.24, 2.45) is 70.3 Å². The summed E-state index contributed by atoms with van der Waals surface area (Å²) in [6, 6.07) is -14.7. The number of nitrogens with zero attached hydrogens (tertiary/aromatic N) is 3. The standard InChI is InChI=1S/3C24H38N2O4/c3*1-14(2)9-17-13-26-8-7-16-10-21(28-5)22(29-6)11-18(16)19(26)12-20(17)30-24(27)23(25)15(3)4/h3*10-11,14-15,17,19-20,23H,7-9,12-13,25H2,1-6H3/t3*17?,19?,20?,23-/m000/s1/i1D3,5D3,9D2,10D,11D,12D2,13D2,14D,17D,19D,20D;1D3,9D2,10D,11D,12D2,13D2,14D,17D,19D,20D;1D3,7D2,8D2,9D2,12D2,13D2,14D,17D/t3*14?,17?,19?,20?,23-. The molecule has 12 unspecified atom stereocenters. The van der Waals surface area contributed by atoms with Gasteiger partial charge in [-0.05, 0) is 143 Å². The van der Waals surface area contributed by atoms with Gasteiger partial charge >= 0.3 is 17.9 Å². The topological polar surface area (TPSA) is 222 Å². The van der Waals surface area contributed by atoms with Crippen LogP contribution >= 0.6 is 0 Å². The maximum absolute atomic E-state index is 13.4. The van der Waals surface area contributed by atoms with Crippen molar-refractivity contribution in [2.75, 3.05) is 81.7 Å². The number of piperidine rings is 3. The van der Waals surface area contributed by atoms with Crippen LogP contribution in [0, 0.1) is 53.1 Å². The molecule has 3 aromatic carbocycles. The highest BCUT2D eigenvalue weighted by Gasteiger charge is 2.45. The van der Waals surface area contributed by atoms with E-state index in [1.54, 1.807) is 0 Å². The largest absolute Gasteiger partial charge is 0.493 e. The number of hydrogen-bond acceptors (Lipinski definition) is 18. The lowest BCUT2D eigenvalue weighted by Crippen LogP contribution is -2.51. The molecule has 0 spiro atoms. The maximum Gasteiger partial charge on any atom is 0.323 e. The molecule has 6 aliphatic rings. The van der Waals surface area contributed by atoms with Gasteiger partial charge in [-0.1, -0.05) is 82.9 Å². The lowest BCUT2D eigenvalue weighted by atomic mass is 9.79. The lowest BCUT2D eigenvalue weighted by Gasteiger charge is -2.47. The molecule has 9 rings (SSSR count). The number of hydrogen-bond donors (Lipinski definition) is 3. The van der Waals surface area contributed by atoms with Crippen LogP contribution in [0.15, 0.2) is 36.3 Å². The number of aryl methyl sites for hydroxylation is 1. The van der Waals surface area contributed by atoms with Crippen LogP contribution in [-0.2, 0) is 47.8 Å². The van der Waals surface area contributed by atoms with E-state index in [4.69, 9.17) is 99.6 Å². The number of methoxy groups -OCH3 is 6. The number of esters is 3. The summed E-state index contributed by atoms with van der Waals surface area (Å²) in [5, 5.41) is 0. The summed E-state index contributed by atoms with van der Waals surface area (Å²) >= 11 is 0. The summed E-state index contributed by atoms with van der Waals surface area (Å²) < 4.78 is 467. The van der Waals surface area contributed by atoms with Crippen molar-refractivity contribution < 1.29 is 123 Å². The van der Waals surface area contributed by atoms with E-state index >= 15 is 0 Å². The van der Waals surface area contributed by atoms with Gasteiger partial charge in [-0.25, -0.2) is 0 Å². The van der Waals surface area contributed by atoms with Gasteiger partial charge in [0.1, 0.15) is 36.4 Å². The second-order valence-electron chi connectivity index (χ2n) is 21.8. The van der Waals surface area contributed by atoms with Gasteiger partial charge in [0.05, 0.1) is 57.7 Å². The van der Waals surface area contributed by atoms with Crippen molar-refractivity contribution in [3.8, 4) is 34.5 Å². The SMILES string of the molecule is [2H]C1([2H])C2c3cc(OC)c(OC)cc3C([2H])([2H])C([2H])([2H])N2C([2H])([2H])C([2H])(C([2H])([2H])C([2H])(C)C([2H])([2H])[2H])C1OC(=O)[C@@H](N)C(C)C.[2H]c1c2c(c([2H])c(OC)c1OC([2H])([2H])[2H])C1([2H])N(CC2)C([2H])([2H])C([2H])(C([2H])([2H])C([2H])(C)C([2H])([2H])[2H])C([2H])(OC(=O)[C@@H](N)C(C)C)C1([2H])[2H].[2H]c1c2c(c([2H])c(OC)c1OC)C1([2H])N(CC2)C([2H])([2H])C([2H])(C([2H])([2H])C([2H])(C)C([2H])([2H])[2H])C([2H])(OC(=O)[C@@H](N)C(C)C)C1([2H])[2H]. The van der Waals surface area contributed by atoms with E-state index < -0.39 is 312 Å². The van der Waals surface area contributed by atoms with Gasteiger partial charge in [-0.2, -0.15) is 0 Å². The van der Waals surface area contributed by atoms with Gasteiger partial charge in [0, 0.05) is 145 Å². The summed E-state index contributed by atoms with van der Waals surface area (Å²) in [6.07, 6.45) is -38.9. The lowest BCUT2D eigenvalue weighted by molar-refractivity contribution is -0.161. The molecule has 6 heterocycles. The summed E-state index contributed by atoms with van der Waals surface area (Å²) in [4.78, 5) is 40.6. The van der Waals surface area contributed by atoms with Crippen molar-refractivity contribution in [3.63, 3.8) is 0 Å². The predicted octanol–water partition coefficient (Wildman–Crippen LogP) is 10.7. The Kier molecular flexibility index (Phi) is 11.1. The van der Waals surface area contributed by atoms with Crippen LogP contribution in [0.5, 0.6) is 34.5 Å². The molecule has 0 aliphatic carbocycles. The number of rotatable bonds is 21. The highest BCUT2D eigenvalue weighted by Crippen LogP contribution is 2.48. The fourth-order valence-electron chi connectivity index (χ4n) is 9.08. The summed E-state index contributed by atoms with van der Waals surface area (Å²) in [7, 11) is 2.46. The molecule has 0 bridgehead atoms. The molecule has 6 aliphatic heterocycles. The van der Waals surface area contributed by atoms with Gasteiger partial charge in [0.2, 0.25) is 0 Å². The number of carbonyl (C=O) groups is 3. The molecule has 3 aromatic rings. The first kappa shape index (κ1) is 30.8. The van der Waals surface area contributed by atoms with Gasteiger partial charge in [-0.15, -0.1) is 0 Å². The van der Waals surface area contributed by atoms with E-state index in [2.05, 4.69) is 0 Å². The quantitative estimate of drug-likeness (QED) is 0.0666. The van der Waals surface area contributed by atoms with E-state index in [-0.39, 0.29) is 39.0 Å². The maximum atomic E-state index is 13.4. The normalized spacial score (nSPS) is 45.9. The Bertz CT molecular complexity index is 5150. The Balaban J connectivity index is 0.000000282. The number of nitrogens with two attached hydrogens (primary N) is 3. The number of carbonyl (C=O) groups excluding carboxylic acids is 3. The van der Waals surface area contributed by atoms with E-state index in [9.17, 15) is 40.4 Å². The van der Waals surface area contributed by atoms with Crippen molar-refractivity contribution in [2.45, 2.75) is 195 Å². The Hall–Kier alpha value is -5.37. The molecule has 6 N–H and O–H groups in total. The zero-order valence-electron chi connectivity index (χ0n) is 101. The van der Waals surface area contributed by atoms with Gasteiger partial charge < -0.3 is 59.8 Å². The average Bonchev–Trinajstić information content (AvgIpc) is 0.644. The average molecular weight is 1300 g/mol. The molecule has 0 aromatic heterocycles. The first-order valence-electron chi connectivity index (χ1n) is 52.4. The van der Waals surface area contributed by atoms with E-state index in [0.29, 0.717) is 25.7 Å². The van der Waals surface area contributed by atoms with Gasteiger partial charge in [-0.3, -0.25) is 29.1 Å². The minimum Gasteiger partial charge on any atom is -0.493 e. The number of benzene rings is 3. The molecule has 3 saturated heterocycles. The van der Waals surface area contributed by atoms with Crippen molar-refractivity contribution in [1.82, 2.24) is 14.7 Å². The third-order valence-corrected chi connectivity index (χ3v) is 14.1. The van der Waals surface area contributed by atoms with Crippen LogP contribution < -0.4 is 45.6 Å². The molecule has 90 heavy (non-hydrogen) atoms.